The third kappa shape index (κ3) is 4.90. The lowest BCUT2D eigenvalue weighted by Crippen LogP contribution is -2.46. The molecular formula is C20H37N5O. The van der Waals surface area contributed by atoms with Crippen molar-refractivity contribution in [3.63, 3.8) is 0 Å². The molecule has 3 rings (SSSR count). The maximum absolute atomic E-state index is 12.0. The molecule has 3 aliphatic rings. The number of aliphatic imine (C=N–C) groups is 1. The number of hydrogen-bond acceptors (Lipinski definition) is 3. The second-order valence-electron chi connectivity index (χ2n) is 8.10. The SMILES string of the molecule is CCC(CCNC(=NC)NC1CCN(C2CCCC2)C1)N1CCCC1=O. The minimum absolute atomic E-state index is 0.331. The summed E-state index contributed by atoms with van der Waals surface area (Å²) >= 11 is 0. The lowest BCUT2D eigenvalue weighted by Gasteiger charge is -2.27. The predicted octanol–water partition coefficient (Wildman–Crippen LogP) is 1.96. The lowest BCUT2D eigenvalue weighted by atomic mass is 10.1. The van der Waals surface area contributed by atoms with Gasteiger partial charge in [0.15, 0.2) is 5.96 Å². The maximum atomic E-state index is 12.0. The molecule has 1 amide bonds. The van der Waals surface area contributed by atoms with Crippen LogP contribution in [0.2, 0.25) is 0 Å². The molecule has 0 aromatic heterocycles. The minimum atomic E-state index is 0.331. The van der Waals surface area contributed by atoms with Crippen LogP contribution in [0.4, 0.5) is 0 Å². The number of nitrogens with one attached hydrogen (secondary N) is 2. The first kappa shape index (κ1) is 19.5. The molecule has 2 aliphatic heterocycles. The van der Waals surface area contributed by atoms with Gasteiger partial charge in [-0.2, -0.15) is 0 Å². The first-order chi connectivity index (χ1) is 12.7. The highest BCUT2D eigenvalue weighted by molar-refractivity contribution is 5.80. The highest BCUT2D eigenvalue weighted by Crippen LogP contribution is 2.26. The van der Waals surface area contributed by atoms with Crippen LogP contribution in [0.5, 0.6) is 0 Å². The highest BCUT2D eigenvalue weighted by atomic mass is 16.2. The van der Waals surface area contributed by atoms with Crippen LogP contribution < -0.4 is 10.6 Å². The van der Waals surface area contributed by atoms with Crippen LogP contribution >= 0.6 is 0 Å². The van der Waals surface area contributed by atoms with Crippen LogP contribution in [0.3, 0.4) is 0 Å². The Hall–Kier alpha value is -1.30. The lowest BCUT2D eigenvalue weighted by molar-refractivity contribution is -0.129. The van der Waals surface area contributed by atoms with Gasteiger partial charge in [-0.1, -0.05) is 19.8 Å². The molecular weight excluding hydrogens is 326 g/mol. The Morgan fingerprint density at radius 2 is 2.04 bits per heavy atom. The summed E-state index contributed by atoms with van der Waals surface area (Å²) in [5.74, 6) is 1.24. The van der Waals surface area contributed by atoms with E-state index in [2.05, 4.69) is 32.3 Å². The first-order valence-corrected chi connectivity index (χ1v) is 10.7. The molecule has 3 fully saturated rings. The Balaban J connectivity index is 1.38. The number of rotatable bonds is 7. The van der Waals surface area contributed by atoms with Crippen LogP contribution in [-0.2, 0) is 4.79 Å². The van der Waals surface area contributed by atoms with E-state index in [9.17, 15) is 4.79 Å². The van der Waals surface area contributed by atoms with Crippen molar-refractivity contribution in [2.24, 2.45) is 4.99 Å². The van der Waals surface area contributed by atoms with Crippen molar-refractivity contribution in [1.29, 1.82) is 0 Å². The molecule has 0 aromatic rings. The van der Waals surface area contributed by atoms with E-state index < -0.39 is 0 Å². The van der Waals surface area contributed by atoms with E-state index in [1.165, 1.54) is 38.6 Å². The van der Waals surface area contributed by atoms with Gasteiger partial charge in [0.25, 0.3) is 0 Å². The van der Waals surface area contributed by atoms with E-state index in [0.29, 0.717) is 18.0 Å². The number of carbonyl (C=O) groups is 1. The molecule has 0 radical (unpaired) electrons. The Labute approximate surface area is 158 Å². The van der Waals surface area contributed by atoms with E-state index in [1.54, 1.807) is 0 Å². The molecule has 2 atom stereocenters. The van der Waals surface area contributed by atoms with Crippen LogP contribution in [0, 0.1) is 0 Å². The van der Waals surface area contributed by atoms with E-state index in [0.717, 1.165) is 57.3 Å². The van der Waals surface area contributed by atoms with Crippen molar-refractivity contribution in [2.75, 3.05) is 33.2 Å². The van der Waals surface area contributed by atoms with Crippen molar-refractivity contribution in [1.82, 2.24) is 20.4 Å². The van der Waals surface area contributed by atoms with Gasteiger partial charge in [0, 0.05) is 57.8 Å². The number of carbonyl (C=O) groups excluding carboxylic acids is 1. The summed E-state index contributed by atoms with van der Waals surface area (Å²) < 4.78 is 0. The predicted molar refractivity (Wildman–Crippen MR) is 106 cm³/mol. The van der Waals surface area contributed by atoms with Gasteiger partial charge in [0.2, 0.25) is 5.91 Å². The number of hydrogen-bond donors (Lipinski definition) is 2. The second kappa shape index (κ2) is 9.58. The zero-order chi connectivity index (χ0) is 18.4. The molecule has 148 valence electrons. The second-order valence-corrected chi connectivity index (χ2v) is 8.10. The third-order valence-electron chi connectivity index (χ3n) is 6.42. The standard InChI is InChI=1S/C20H37N5O/c1-3-17(25-13-6-9-19(25)26)10-12-22-20(21-2)23-16-11-14-24(15-16)18-7-4-5-8-18/h16-18H,3-15H2,1-2H3,(H2,21,22,23). The quantitative estimate of drug-likeness (QED) is 0.536. The summed E-state index contributed by atoms with van der Waals surface area (Å²) in [4.78, 5) is 21.1. The number of amides is 1. The molecule has 0 bridgehead atoms. The zero-order valence-corrected chi connectivity index (χ0v) is 16.7. The smallest absolute Gasteiger partial charge is 0.222 e. The summed E-state index contributed by atoms with van der Waals surface area (Å²) in [7, 11) is 1.85. The van der Waals surface area contributed by atoms with Crippen LogP contribution in [0.1, 0.15) is 64.7 Å². The van der Waals surface area contributed by atoms with Gasteiger partial charge in [0.05, 0.1) is 0 Å². The topological polar surface area (TPSA) is 60.0 Å². The third-order valence-corrected chi connectivity index (χ3v) is 6.42. The van der Waals surface area contributed by atoms with Crippen molar-refractivity contribution in [3.05, 3.63) is 0 Å². The fourth-order valence-corrected chi connectivity index (χ4v) is 4.89. The number of nitrogens with zero attached hydrogens (tertiary/aromatic N) is 3. The van der Waals surface area contributed by atoms with Crippen LogP contribution in [0.15, 0.2) is 4.99 Å². The summed E-state index contributed by atoms with van der Waals surface area (Å²) in [6.07, 6.45) is 10.5. The monoisotopic (exact) mass is 363 g/mol. The first-order valence-electron chi connectivity index (χ1n) is 10.7. The average Bonchev–Trinajstić information content (AvgIpc) is 3.39. The summed E-state index contributed by atoms with van der Waals surface area (Å²) in [6, 6.07) is 1.68. The Bertz CT molecular complexity index is 489. The van der Waals surface area contributed by atoms with Gasteiger partial charge in [-0.3, -0.25) is 14.7 Å². The number of likely N-dealkylation sites (tertiary alicyclic amines) is 2. The Morgan fingerprint density at radius 1 is 1.23 bits per heavy atom. The summed E-state index contributed by atoms with van der Waals surface area (Å²) in [5, 5.41) is 7.07. The van der Waals surface area contributed by atoms with Crippen molar-refractivity contribution < 1.29 is 4.79 Å². The van der Waals surface area contributed by atoms with E-state index in [1.807, 2.05) is 7.05 Å². The fourth-order valence-electron chi connectivity index (χ4n) is 4.89. The van der Waals surface area contributed by atoms with Crippen LogP contribution in [-0.4, -0.2) is 73.0 Å². The zero-order valence-electron chi connectivity index (χ0n) is 16.7. The summed E-state index contributed by atoms with van der Waals surface area (Å²) in [5.41, 5.74) is 0. The molecule has 6 heteroatoms. The maximum Gasteiger partial charge on any atom is 0.222 e. The molecule has 2 unspecified atom stereocenters. The Morgan fingerprint density at radius 3 is 2.69 bits per heavy atom. The molecule has 6 nitrogen and oxygen atoms in total. The molecule has 0 spiro atoms. The highest BCUT2D eigenvalue weighted by Gasteiger charge is 2.30. The Kier molecular flexibility index (Phi) is 7.17. The molecule has 1 saturated carbocycles. The largest absolute Gasteiger partial charge is 0.356 e. The van der Waals surface area contributed by atoms with Gasteiger partial charge in [-0.25, -0.2) is 0 Å². The van der Waals surface area contributed by atoms with Gasteiger partial charge in [0.1, 0.15) is 0 Å². The van der Waals surface area contributed by atoms with Crippen molar-refractivity contribution >= 4 is 11.9 Å². The van der Waals surface area contributed by atoms with Crippen LogP contribution in [0.25, 0.3) is 0 Å². The fraction of sp³-hybridized carbons (Fsp3) is 0.900. The summed E-state index contributed by atoms with van der Waals surface area (Å²) in [6.45, 7) is 6.34. The average molecular weight is 364 g/mol. The van der Waals surface area contributed by atoms with Gasteiger partial charge >= 0.3 is 0 Å². The van der Waals surface area contributed by atoms with E-state index in [4.69, 9.17) is 0 Å². The van der Waals surface area contributed by atoms with Gasteiger partial charge in [-0.15, -0.1) is 0 Å². The molecule has 0 aromatic carbocycles. The van der Waals surface area contributed by atoms with E-state index >= 15 is 0 Å². The molecule has 26 heavy (non-hydrogen) atoms. The molecule has 2 heterocycles. The van der Waals surface area contributed by atoms with Crippen molar-refractivity contribution in [2.45, 2.75) is 82.8 Å². The number of guanidine groups is 1. The van der Waals surface area contributed by atoms with E-state index in [-0.39, 0.29) is 0 Å². The normalized spacial score (nSPS) is 26.7. The van der Waals surface area contributed by atoms with Crippen molar-refractivity contribution in [3.8, 4) is 0 Å². The molecule has 2 saturated heterocycles. The molecule has 1 aliphatic carbocycles. The molecule has 2 N–H and O–H groups in total. The van der Waals surface area contributed by atoms with Gasteiger partial charge in [-0.05, 0) is 38.5 Å². The van der Waals surface area contributed by atoms with Gasteiger partial charge < -0.3 is 15.5 Å². The minimum Gasteiger partial charge on any atom is -0.356 e.